The molecule has 4 heteroatoms. The van der Waals surface area contributed by atoms with Gasteiger partial charge in [0.25, 0.3) is 0 Å². The van der Waals surface area contributed by atoms with Crippen molar-refractivity contribution in [2.24, 2.45) is 5.41 Å². The van der Waals surface area contributed by atoms with Gasteiger partial charge in [-0.25, -0.2) is 0 Å². The summed E-state index contributed by atoms with van der Waals surface area (Å²) in [6.07, 6.45) is 0.889. The van der Waals surface area contributed by atoms with Crippen LogP contribution in [-0.2, 0) is 4.79 Å². The Balaban J connectivity index is 2.18. The highest BCUT2D eigenvalue weighted by Gasteiger charge is 2.57. The molecule has 1 aliphatic carbocycles. The molecule has 0 amide bonds. The fraction of sp³-hybridized carbons (Fsp3) is 0.286. The summed E-state index contributed by atoms with van der Waals surface area (Å²) in [6.45, 7) is 1.81. The summed E-state index contributed by atoms with van der Waals surface area (Å²) in [5.74, 6) is -1.26. The Morgan fingerprint density at radius 3 is 2.56 bits per heavy atom. The summed E-state index contributed by atoms with van der Waals surface area (Å²) >= 11 is 0. The van der Waals surface area contributed by atoms with Gasteiger partial charge in [0.05, 0.1) is 0 Å². The van der Waals surface area contributed by atoms with Gasteiger partial charge in [-0.15, -0.1) is 0 Å². The van der Waals surface area contributed by atoms with Crippen molar-refractivity contribution in [3.8, 4) is 0 Å². The molecule has 0 aliphatic heterocycles. The fourth-order valence-electron chi connectivity index (χ4n) is 2.47. The number of ketones is 1. The number of Topliss-reactive ketones (excluding diaryl/α,β-unsaturated/α-hetero) is 1. The average molecular weight is 243 g/mol. The van der Waals surface area contributed by atoms with E-state index in [1.165, 1.54) is 0 Å². The summed E-state index contributed by atoms with van der Waals surface area (Å²) in [5.41, 5.74) is 0.981. The van der Waals surface area contributed by atoms with Gasteiger partial charge in [0, 0.05) is 22.2 Å². The lowest BCUT2D eigenvalue weighted by molar-refractivity contribution is -0.141. The molecule has 0 saturated heterocycles. The fourth-order valence-corrected chi connectivity index (χ4v) is 2.47. The third-order valence-corrected chi connectivity index (χ3v) is 3.71. The number of aryl methyl sites for hydroxylation is 1. The highest BCUT2D eigenvalue weighted by molar-refractivity contribution is 6.20. The lowest BCUT2D eigenvalue weighted by atomic mass is 9.93. The van der Waals surface area contributed by atoms with Crippen molar-refractivity contribution in [1.82, 2.24) is 4.98 Å². The van der Waals surface area contributed by atoms with Gasteiger partial charge in [0.15, 0.2) is 5.78 Å². The minimum atomic E-state index is -1.17. The number of carboxylic acid groups (broad SMARTS) is 1. The second-order valence-electron chi connectivity index (χ2n) is 4.89. The molecule has 92 valence electrons. The van der Waals surface area contributed by atoms with Crippen molar-refractivity contribution in [1.29, 1.82) is 0 Å². The monoisotopic (exact) mass is 243 g/mol. The zero-order valence-electron chi connectivity index (χ0n) is 9.99. The number of hydrogen-bond acceptors (Lipinski definition) is 2. The van der Waals surface area contributed by atoms with Crippen molar-refractivity contribution < 1.29 is 14.7 Å². The number of rotatable bonds is 3. The number of carbonyl (C=O) groups excluding carboxylic acids is 1. The van der Waals surface area contributed by atoms with Crippen LogP contribution in [0.5, 0.6) is 0 Å². The molecule has 3 rings (SSSR count). The number of fused-ring (bicyclic) bond motifs is 1. The molecule has 1 fully saturated rings. The van der Waals surface area contributed by atoms with Gasteiger partial charge < -0.3 is 10.1 Å². The Bertz CT molecular complexity index is 665. The summed E-state index contributed by atoms with van der Waals surface area (Å²) in [6, 6.07) is 7.48. The largest absolute Gasteiger partial charge is 0.480 e. The third kappa shape index (κ3) is 1.32. The number of aliphatic carboxylic acids is 1. The smallest absolute Gasteiger partial charge is 0.317 e. The number of carbonyl (C=O) groups is 2. The first-order chi connectivity index (χ1) is 8.56. The van der Waals surface area contributed by atoms with Crippen molar-refractivity contribution in [3.05, 3.63) is 35.5 Å². The van der Waals surface area contributed by atoms with Crippen LogP contribution in [-0.4, -0.2) is 21.8 Å². The van der Waals surface area contributed by atoms with Crippen LogP contribution < -0.4 is 0 Å². The van der Waals surface area contributed by atoms with E-state index in [1.54, 1.807) is 0 Å². The van der Waals surface area contributed by atoms with Gasteiger partial charge in [-0.05, 0) is 25.8 Å². The number of hydrogen-bond donors (Lipinski definition) is 2. The van der Waals surface area contributed by atoms with Crippen LogP contribution in [0, 0.1) is 12.3 Å². The molecule has 1 heterocycles. The number of benzene rings is 1. The molecule has 1 aliphatic rings. The van der Waals surface area contributed by atoms with Gasteiger partial charge in [-0.2, -0.15) is 0 Å². The minimum Gasteiger partial charge on any atom is -0.480 e. The third-order valence-electron chi connectivity index (χ3n) is 3.71. The van der Waals surface area contributed by atoms with Crippen LogP contribution >= 0.6 is 0 Å². The van der Waals surface area contributed by atoms with E-state index in [0.717, 1.165) is 16.6 Å². The molecular weight excluding hydrogens is 230 g/mol. The Morgan fingerprint density at radius 1 is 1.28 bits per heavy atom. The number of aromatic amines is 1. The molecule has 0 bridgehead atoms. The first-order valence-electron chi connectivity index (χ1n) is 5.92. The van der Waals surface area contributed by atoms with Crippen LogP contribution in [0.4, 0.5) is 0 Å². The second kappa shape index (κ2) is 3.45. The first-order valence-corrected chi connectivity index (χ1v) is 5.92. The molecule has 0 radical (unpaired) electrons. The lowest BCUT2D eigenvalue weighted by Gasteiger charge is -2.08. The molecule has 2 aromatic rings. The molecule has 4 nitrogen and oxygen atoms in total. The van der Waals surface area contributed by atoms with E-state index in [-0.39, 0.29) is 5.78 Å². The Labute approximate surface area is 104 Å². The molecule has 2 N–H and O–H groups in total. The molecule has 0 spiro atoms. The molecule has 18 heavy (non-hydrogen) atoms. The van der Waals surface area contributed by atoms with Crippen molar-refractivity contribution in [2.75, 3.05) is 0 Å². The molecule has 1 aromatic carbocycles. The highest BCUT2D eigenvalue weighted by Crippen LogP contribution is 2.49. The SMILES string of the molecule is Cc1[nH]c2ccccc2c1C(=O)C1(C(=O)O)CC1. The van der Waals surface area contributed by atoms with E-state index >= 15 is 0 Å². The Kier molecular flexibility index (Phi) is 2.11. The van der Waals surface area contributed by atoms with Crippen LogP contribution in [0.3, 0.4) is 0 Å². The van der Waals surface area contributed by atoms with Crippen molar-refractivity contribution >= 4 is 22.7 Å². The topological polar surface area (TPSA) is 70.2 Å². The first kappa shape index (κ1) is 11.0. The average Bonchev–Trinajstić information content (AvgIpc) is 3.07. The van der Waals surface area contributed by atoms with Crippen molar-refractivity contribution in [2.45, 2.75) is 19.8 Å². The minimum absolute atomic E-state index is 0.259. The molecule has 0 atom stereocenters. The standard InChI is InChI=1S/C14H13NO3/c1-8-11(9-4-2-3-5-10(9)15-8)12(16)14(6-7-14)13(17)18/h2-5,15H,6-7H2,1H3,(H,17,18). The van der Waals surface area contributed by atoms with Crippen LogP contribution in [0.1, 0.15) is 28.9 Å². The van der Waals surface area contributed by atoms with Gasteiger partial charge in [0.1, 0.15) is 5.41 Å². The maximum atomic E-state index is 12.5. The predicted octanol–water partition coefficient (Wildman–Crippen LogP) is 2.52. The Morgan fingerprint density at radius 2 is 1.94 bits per heavy atom. The zero-order chi connectivity index (χ0) is 12.9. The quantitative estimate of drug-likeness (QED) is 0.642. The van der Waals surface area contributed by atoms with E-state index in [2.05, 4.69) is 4.98 Å². The molecule has 1 saturated carbocycles. The summed E-state index contributed by atoms with van der Waals surface area (Å²) < 4.78 is 0. The predicted molar refractivity (Wildman–Crippen MR) is 66.7 cm³/mol. The Hall–Kier alpha value is -2.10. The van der Waals surface area contributed by atoms with Gasteiger partial charge in [-0.3, -0.25) is 9.59 Å². The van der Waals surface area contributed by atoms with Crippen molar-refractivity contribution in [3.63, 3.8) is 0 Å². The van der Waals surface area contributed by atoms with E-state index in [9.17, 15) is 14.7 Å². The van der Waals surface area contributed by atoms with E-state index in [1.807, 2.05) is 31.2 Å². The molecular formula is C14H13NO3. The number of para-hydroxylation sites is 1. The van der Waals surface area contributed by atoms with Gasteiger partial charge in [-0.1, -0.05) is 18.2 Å². The number of carboxylic acids is 1. The lowest BCUT2D eigenvalue weighted by Crippen LogP contribution is -2.25. The van der Waals surface area contributed by atoms with E-state index < -0.39 is 11.4 Å². The normalized spacial score (nSPS) is 16.7. The molecule has 1 aromatic heterocycles. The number of H-pyrrole nitrogens is 1. The number of nitrogens with one attached hydrogen (secondary N) is 1. The second-order valence-corrected chi connectivity index (χ2v) is 4.89. The van der Waals surface area contributed by atoms with Crippen LogP contribution in [0.15, 0.2) is 24.3 Å². The summed E-state index contributed by atoms with van der Waals surface area (Å²) in [7, 11) is 0. The molecule has 0 unspecified atom stereocenters. The van der Waals surface area contributed by atoms with Gasteiger partial charge >= 0.3 is 5.97 Å². The number of aromatic nitrogens is 1. The zero-order valence-corrected chi connectivity index (χ0v) is 9.99. The van der Waals surface area contributed by atoms with Gasteiger partial charge in [0.2, 0.25) is 0 Å². The maximum Gasteiger partial charge on any atom is 0.317 e. The maximum absolute atomic E-state index is 12.5. The van der Waals surface area contributed by atoms with E-state index in [4.69, 9.17) is 0 Å². The van der Waals surface area contributed by atoms with E-state index in [0.29, 0.717) is 18.4 Å². The van der Waals surface area contributed by atoms with Crippen LogP contribution in [0.25, 0.3) is 10.9 Å². The highest BCUT2D eigenvalue weighted by atomic mass is 16.4. The summed E-state index contributed by atoms with van der Waals surface area (Å²) in [4.78, 5) is 26.8. The summed E-state index contributed by atoms with van der Waals surface area (Å²) in [5, 5.41) is 10.0. The van der Waals surface area contributed by atoms with Crippen LogP contribution in [0.2, 0.25) is 0 Å².